The van der Waals surface area contributed by atoms with E-state index in [1.807, 2.05) is 46.4 Å². The maximum Gasteiger partial charge on any atom is 0.481 e. The zero-order valence-electron chi connectivity index (χ0n) is 36.3. The number of nitrogens with one attached hydrogen (secondary N) is 1. The number of nitrogens with zero attached hydrogens (tertiary/aromatic N) is 6. The zero-order valence-corrected chi connectivity index (χ0v) is 36.3. The SMILES string of the molecule is CC(C)(C)OC(=O)Cn1ccnc1CN(CCCCCC(=O)NCC(=O)N1CCCC1B1O[C@@H]2C[C@@H]3CC(C3(C)C)[C@]2(C)O1)Cc1nccn1CC(=O)OC(C)(C)C. The highest BCUT2D eigenvalue weighted by atomic mass is 16.7. The lowest BCUT2D eigenvalue weighted by atomic mass is 9.43. The summed E-state index contributed by atoms with van der Waals surface area (Å²) in [6.45, 7) is 20.1. The van der Waals surface area contributed by atoms with Crippen LogP contribution in [0.2, 0.25) is 0 Å². The third-order valence-corrected chi connectivity index (χ3v) is 12.5. The Kier molecular flexibility index (Phi) is 13.2. The van der Waals surface area contributed by atoms with Crippen LogP contribution in [-0.2, 0) is 64.1 Å². The molecule has 3 saturated carbocycles. The van der Waals surface area contributed by atoms with Crippen molar-refractivity contribution in [2.75, 3.05) is 19.6 Å². The maximum atomic E-state index is 13.4. The van der Waals surface area contributed by atoms with E-state index in [2.05, 4.69) is 41.0 Å². The Morgan fingerprint density at radius 1 is 0.897 bits per heavy atom. The number of esters is 2. The molecule has 2 bridgehead atoms. The molecule has 2 amide bonds. The Bertz CT molecular complexity index is 1710. The van der Waals surface area contributed by atoms with Crippen molar-refractivity contribution in [3.8, 4) is 0 Å². The van der Waals surface area contributed by atoms with Crippen molar-refractivity contribution in [2.45, 2.75) is 169 Å². The minimum atomic E-state index is -0.603. The lowest BCUT2D eigenvalue weighted by Gasteiger charge is -2.64. The average Bonchev–Trinajstić information content (AvgIpc) is 3.92. The number of rotatable bonds is 17. The van der Waals surface area contributed by atoms with Crippen LogP contribution in [0.4, 0.5) is 0 Å². The summed E-state index contributed by atoms with van der Waals surface area (Å²) in [4.78, 5) is 64.8. The van der Waals surface area contributed by atoms with Gasteiger partial charge in [0.1, 0.15) is 35.9 Å². The minimum absolute atomic E-state index is 0.0328. The van der Waals surface area contributed by atoms with Crippen LogP contribution in [0, 0.1) is 17.3 Å². The number of hydrogen-bond donors (Lipinski definition) is 1. The molecule has 4 heterocycles. The number of aromatic nitrogens is 4. The monoisotopic (exact) mass is 808 g/mol. The van der Waals surface area contributed by atoms with E-state index in [9.17, 15) is 19.2 Å². The summed E-state index contributed by atoms with van der Waals surface area (Å²) in [5.41, 5.74) is -1.27. The summed E-state index contributed by atoms with van der Waals surface area (Å²) in [6, 6.07) is 0. The van der Waals surface area contributed by atoms with Gasteiger partial charge in [-0.2, -0.15) is 0 Å². The van der Waals surface area contributed by atoms with Gasteiger partial charge in [0.15, 0.2) is 0 Å². The van der Waals surface area contributed by atoms with E-state index in [1.54, 1.807) is 33.9 Å². The van der Waals surface area contributed by atoms with Crippen LogP contribution >= 0.6 is 0 Å². The van der Waals surface area contributed by atoms with Crippen molar-refractivity contribution < 1.29 is 38.0 Å². The van der Waals surface area contributed by atoms with Gasteiger partial charge >= 0.3 is 19.1 Å². The molecule has 2 aromatic rings. The molecule has 0 radical (unpaired) electrons. The molecule has 2 aliphatic heterocycles. The first kappa shape index (κ1) is 43.8. The van der Waals surface area contributed by atoms with E-state index in [0.29, 0.717) is 62.5 Å². The van der Waals surface area contributed by atoms with Gasteiger partial charge in [-0.25, -0.2) is 9.97 Å². The zero-order chi connectivity index (χ0) is 42.0. The number of carbonyl (C=O) groups is 4. The highest BCUT2D eigenvalue weighted by Crippen LogP contribution is 2.66. The van der Waals surface area contributed by atoms with Gasteiger partial charge in [0.2, 0.25) is 11.8 Å². The van der Waals surface area contributed by atoms with Crippen molar-refractivity contribution >= 4 is 30.9 Å². The van der Waals surface area contributed by atoms with Gasteiger partial charge in [0, 0.05) is 37.8 Å². The molecule has 16 heteroatoms. The molecule has 0 aromatic carbocycles. The summed E-state index contributed by atoms with van der Waals surface area (Å²) >= 11 is 0. The van der Waals surface area contributed by atoms with Crippen LogP contribution in [0.15, 0.2) is 24.8 Å². The number of amides is 2. The fourth-order valence-corrected chi connectivity index (χ4v) is 9.52. The second-order valence-electron chi connectivity index (χ2n) is 19.5. The van der Waals surface area contributed by atoms with Gasteiger partial charge < -0.3 is 38.1 Å². The van der Waals surface area contributed by atoms with Crippen molar-refractivity contribution in [3.63, 3.8) is 0 Å². The molecule has 58 heavy (non-hydrogen) atoms. The first-order chi connectivity index (χ1) is 27.2. The number of imidazole rings is 2. The molecule has 320 valence electrons. The Morgan fingerprint density at radius 2 is 1.50 bits per heavy atom. The summed E-state index contributed by atoms with van der Waals surface area (Å²) < 4.78 is 27.9. The Balaban J connectivity index is 0.978. The van der Waals surface area contributed by atoms with Crippen LogP contribution < -0.4 is 5.32 Å². The van der Waals surface area contributed by atoms with Gasteiger partial charge in [0.25, 0.3) is 0 Å². The number of likely N-dealkylation sites (tertiary alicyclic amines) is 1. The Morgan fingerprint density at radius 3 is 2.07 bits per heavy atom. The molecule has 2 saturated heterocycles. The molecule has 5 atom stereocenters. The normalized spacial score (nSPS) is 25.1. The number of ether oxygens (including phenoxy) is 2. The second kappa shape index (κ2) is 17.5. The standard InChI is InChI=1S/C42H66BN7O8/c1-39(2,3)55-37(53)27-48-20-16-44-33(48)25-47(26-34-45-17-21-49(34)28-38(54)56-40(4,5)6)18-12-10-11-15-35(51)46-24-36(52)50-19-13-14-32(50)43-57-31-23-29-22-30(41(29,7)8)42(31,9)58-43/h16-17,20-21,29-32H,10-15,18-19,22-28H2,1-9H3,(H,46,51)/t29-,30?,31+,32?,42-/m0/s1. The van der Waals surface area contributed by atoms with Crippen molar-refractivity contribution in [3.05, 3.63) is 36.4 Å². The largest absolute Gasteiger partial charge is 0.481 e. The predicted molar refractivity (Wildman–Crippen MR) is 217 cm³/mol. The topological polar surface area (TPSA) is 159 Å². The highest BCUT2D eigenvalue weighted by molar-refractivity contribution is 6.48. The highest BCUT2D eigenvalue weighted by Gasteiger charge is 2.69. The molecule has 2 unspecified atom stereocenters. The van der Waals surface area contributed by atoms with Crippen molar-refractivity contribution in [2.24, 2.45) is 17.3 Å². The third kappa shape index (κ3) is 10.5. The van der Waals surface area contributed by atoms with E-state index in [-0.39, 0.29) is 66.4 Å². The number of unbranched alkanes of at least 4 members (excludes halogenated alkanes) is 2. The molecule has 5 aliphatic rings. The van der Waals surface area contributed by atoms with E-state index in [4.69, 9.17) is 18.8 Å². The molecule has 15 nitrogen and oxygen atoms in total. The van der Waals surface area contributed by atoms with E-state index in [1.165, 1.54) is 6.42 Å². The smallest absolute Gasteiger partial charge is 0.459 e. The Hall–Kier alpha value is -3.76. The van der Waals surface area contributed by atoms with E-state index < -0.39 is 18.3 Å². The van der Waals surface area contributed by atoms with Crippen molar-refractivity contribution in [1.82, 2.24) is 34.2 Å². The minimum Gasteiger partial charge on any atom is -0.459 e. The summed E-state index contributed by atoms with van der Waals surface area (Å²) in [6.07, 6.45) is 13.4. The molecule has 0 spiro atoms. The molecule has 7 rings (SSSR count). The molecule has 1 N–H and O–H groups in total. The maximum absolute atomic E-state index is 13.4. The summed E-state index contributed by atoms with van der Waals surface area (Å²) in [5.74, 6) is 1.42. The van der Waals surface area contributed by atoms with Crippen LogP contribution in [0.1, 0.15) is 125 Å². The van der Waals surface area contributed by atoms with Crippen molar-refractivity contribution in [1.29, 1.82) is 0 Å². The van der Waals surface area contributed by atoms with Crippen LogP contribution in [0.25, 0.3) is 0 Å². The molecule has 3 aliphatic carbocycles. The average molecular weight is 808 g/mol. The first-order valence-corrected chi connectivity index (χ1v) is 21.3. The van der Waals surface area contributed by atoms with Gasteiger partial charge in [-0.1, -0.05) is 20.3 Å². The van der Waals surface area contributed by atoms with Crippen LogP contribution in [-0.4, -0.2) is 108 Å². The lowest BCUT2D eigenvalue weighted by molar-refractivity contribution is -0.199. The quantitative estimate of drug-likeness (QED) is 0.134. The number of hydrogen-bond acceptors (Lipinski definition) is 11. The second-order valence-corrected chi connectivity index (χ2v) is 19.5. The molecule has 2 aromatic heterocycles. The first-order valence-electron chi connectivity index (χ1n) is 21.3. The lowest BCUT2D eigenvalue weighted by Crippen LogP contribution is -2.65. The van der Waals surface area contributed by atoms with Crippen LogP contribution in [0.3, 0.4) is 0 Å². The molecule has 5 fully saturated rings. The van der Waals surface area contributed by atoms with E-state index >= 15 is 0 Å². The van der Waals surface area contributed by atoms with Gasteiger partial charge in [0.05, 0.1) is 37.3 Å². The molecular formula is C42H66BN7O8. The van der Waals surface area contributed by atoms with Crippen LogP contribution in [0.5, 0.6) is 0 Å². The van der Waals surface area contributed by atoms with Gasteiger partial charge in [-0.3, -0.25) is 24.1 Å². The predicted octanol–water partition coefficient (Wildman–Crippen LogP) is 4.70. The fourth-order valence-electron chi connectivity index (χ4n) is 9.52. The summed E-state index contributed by atoms with van der Waals surface area (Å²) in [5, 5.41) is 2.86. The fraction of sp³-hybridized carbons (Fsp3) is 0.762. The summed E-state index contributed by atoms with van der Waals surface area (Å²) in [7, 11) is -0.429. The molecular weight excluding hydrogens is 741 g/mol. The van der Waals surface area contributed by atoms with Gasteiger partial charge in [-0.05, 0) is 111 Å². The number of carbonyl (C=O) groups excluding carboxylic acids is 4. The van der Waals surface area contributed by atoms with E-state index in [0.717, 1.165) is 32.1 Å². The Labute approximate surface area is 344 Å². The van der Waals surface area contributed by atoms with Gasteiger partial charge in [-0.15, -0.1) is 0 Å². The third-order valence-electron chi connectivity index (χ3n) is 12.5.